The third kappa shape index (κ3) is 2.72. The highest BCUT2D eigenvalue weighted by molar-refractivity contribution is 5.94. The van der Waals surface area contributed by atoms with Gasteiger partial charge in [-0.3, -0.25) is 4.79 Å². The number of fused-ring (bicyclic) bond motifs is 2. The van der Waals surface area contributed by atoms with Crippen molar-refractivity contribution < 1.29 is 4.79 Å². The lowest BCUT2D eigenvalue weighted by molar-refractivity contribution is 0.0944. The van der Waals surface area contributed by atoms with E-state index >= 15 is 0 Å². The summed E-state index contributed by atoms with van der Waals surface area (Å²) in [4.78, 5) is 16.1. The molecule has 0 unspecified atom stereocenters. The van der Waals surface area contributed by atoms with E-state index in [1.54, 1.807) is 0 Å². The van der Waals surface area contributed by atoms with Gasteiger partial charge < -0.3 is 10.3 Å². The van der Waals surface area contributed by atoms with Gasteiger partial charge in [-0.1, -0.05) is 30.3 Å². The largest absolute Gasteiger partial charge is 0.361 e. The molecular weight excluding hydrogens is 336 g/mol. The van der Waals surface area contributed by atoms with E-state index in [-0.39, 0.29) is 5.91 Å². The molecule has 2 N–H and O–H groups in total. The zero-order chi connectivity index (χ0) is 18.2. The van der Waals surface area contributed by atoms with Gasteiger partial charge in [-0.05, 0) is 49.1 Å². The summed E-state index contributed by atoms with van der Waals surface area (Å²) in [5.74, 6) is -0.102. The molecule has 27 heavy (non-hydrogen) atoms. The number of para-hydroxylation sites is 1. The molecule has 2 aromatic carbocycles. The van der Waals surface area contributed by atoms with Crippen LogP contribution in [0.5, 0.6) is 0 Å². The first-order valence-corrected chi connectivity index (χ1v) is 9.30. The maximum Gasteiger partial charge on any atom is 0.272 e. The van der Waals surface area contributed by atoms with Crippen LogP contribution in [0.15, 0.2) is 60.8 Å². The Bertz CT molecular complexity index is 1120. The van der Waals surface area contributed by atoms with Crippen LogP contribution < -0.4 is 5.32 Å². The predicted octanol–water partition coefficient (Wildman–Crippen LogP) is 3.77. The number of hydrogen-bond acceptors (Lipinski definition) is 2. The highest BCUT2D eigenvalue weighted by Gasteiger charge is 2.26. The van der Waals surface area contributed by atoms with Gasteiger partial charge in [0.05, 0.1) is 5.69 Å². The van der Waals surface area contributed by atoms with Crippen LogP contribution in [0.3, 0.4) is 0 Å². The van der Waals surface area contributed by atoms with Gasteiger partial charge in [0.15, 0.2) is 5.69 Å². The Labute approximate surface area is 157 Å². The molecule has 2 aromatic heterocycles. The molecule has 0 fully saturated rings. The molecule has 134 valence electrons. The summed E-state index contributed by atoms with van der Waals surface area (Å²) >= 11 is 0. The van der Waals surface area contributed by atoms with E-state index in [9.17, 15) is 4.79 Å². The summed E-state index contributed by atoms with van der Waals surface area (Å²) in [6.07, 6.45) is 4.87. The fourth-order valence-electron chi connectivity index (χ4n) is 3.97. The molecule has 4 aromatic rings. The quantitative estimate of drug-likeness (QED) is 0.585. The Kier molecular flexibility index (Phi) is 3.78. The van der Waals surface area contributed by atoms with Crippen LogP contribution in [0.4, 0.5) is 0 Å². The van der Waals surface area contributed by atoms with Crippen molar-refractivity contribution in [2.75, 3.05) is 0 Å². The first kappa shape index (κ1) is 15.9. The number of aromatic nitrogens is 3. The highest BCUT2D eigenvalue weighted by Crippen LogP contribution is 2.28. The Morgan fingerprint density at radius 1 is 1.07 bits per heavy atom. The van der Waals surface area contributed by atoms with Crippen LogP contribution in [-0.2, 0) is 19.4 Å². The van der Waals surface area contributed by atoms with Crippen LogP contribution >= 0.6 is 0 Å². The summed E-state index contributed by atoms with van der Waals surface area (Å²) in [6.45, 7) is 0.487. The summed E-state index contributed by atoms with van der Waals surface area (Å²) in [6, 6.07) is 18.2. The number of rotatable bonds is 4. The fourth-order valence-corrected chi connectivity index (χ4v) is 3.97. The molecule has 2 heterocycles. The molecule has 1 aliphatic rings. The minimum Gasteiger partial charge on any atom is -0.361 e. The number of nitrogens with one attached hydrogen (secondary N) is 2. The fraction of sp³-hybridized carbons (Fsp3) is 0.182. The molecule has 5 nitrogen and oxygen atoms in total. The van der Waals surface area contributed by atoms with Crippen LogP contribution in [0, 0.1) is 0 Å². The molecule has 1 aliphatic carbocycles. The Hall–Kier alpha value is -3.34. The minimum absolute atomic E-state index is 0.102. The van der Waals surface area contributed by atoms with Crippen molar-refractivity contribution in [3.05, 3.63) is 83.3 Å². The predicted molar refractivity (Wildman–Crippen MR) is 105 cm³/mol. The van der Waals surface area contributed by atoms with Crippen LogP contribution in [0.25, 0.3) is 16.6 Å². The van der Waals surface area contributed by atoms with Gasteiger partial charge in [0.1, 0.15) is 0 Å². The van der Waals surface area contributed by atoms with Crippen LogP contribution in [0.1, 0.15) is 33.7 Å². The van der Waals surface area contributed by atoms with E-state index in [2.05, 4.69) is 15.4 Å². The lowest BCUT2D eigenvalue weighted by atomic mass is 10.1. The zero-order valence-corrected chi connectivity index (χ0v) is 14.9. The average molecular weight is 356 g/mol. The molecule has 0 spiro atoms. The number of hydrogen-bond donors (Lipinski definition) is 2. The molecule has 0 aliphatic heterocycles. The maximum absolute atomic E-state index is 12.9. The topological polar surface area (TPSA) is 62.7 Å². The molecule has 0 bridgehead atoms. The first-order valence-electron chi connectivity index (χ1n) is 9.30. The Morgan fingerprint density at radius 3 is 2.85 bits per heavy atom. The molecule has 0 saturated carbocycles. The van der Waals surface area contributed by atoms with Gasteiger partial charge >= 0.3 is 0 Å². The van der Waals surface area contributed by atoms with Crippen molar-refractivity contribution in [1.82, 2.24) is 20.1 Å². The van der Waals surface area contributed by atoms with E-state index < -0.39 is 0 Å². The number of amides is 1. The standard InChI is InChI=1S/C22H20N4O/c27-22(24-14-15-6-4-10-19-17(15)12-13-23-19)21-18-9-5-11-20(18)26(25-21)16-7-2-1-3-8-16/h1-4,6-8,10,12-13,23H,5,9,11,14H2,(H,24,27). The SMILES string of the molecule is O=C(NCc1cccc2[nH]ccc12)c1nn(-c2ccccc2)c2c1CCC2. The van der Waals surface area contributed by atoms with E-state index in [1.165, 1.54) is 5.69 Å². The Morgan fingerprint density at radius 2 is 1.96 bits per heavy atom. The number of carbonyl (C=O) groups is 1. The van der Waals surface area contributed by atoms with Gasteiger partial charge in [0, 0.05) is 34.9 Å². The van der Waals surface area contributed by atoms with Gasteiger partial charge in [0.25, 0.3) is 5.91 Å². The third-order valence-electron chi connectivity index (χ3n) is 5.27. The summed E-state index contributed by atoms with van der Waals surface area (Å²) in [5, 5.41) is 8.86. The highest BCUT2D eigenvalue weighted by atomic mass is 16.1. The number of H-pyrrole nitrogens is 1. The second-order valence-electron chi connectivity index (χ2n) is 6.91. The number of nitrogens with zero attached hydrogens (tertiary/aromatic N) is 2. The molecular formula is C22H20N4O. The summed E-state index contributed by atoms with van der Waals surface area (Å²) in [7, 11) is 0. The lowest BCUT2D eigenvalue weighted by Crippen LogP contribution is -2.24. The molecule has 5 heteroatoms. The number of aromatic amines is 1. The second kappa shape index (κ2) is 6.43. The zero-order valence-electron chi connectivity index (χ0n) is 14.9. The average Bonchev–Trinajstić information content (AvgIpc) is 3.42. The molecule has 0 atom stereocenters. The molecule has 0 saturated heterocycles. The monoisotopic (exact) mass is 356 g/mol. The van der Waals surface area contributed by atoms with Crippen LogP contribution in [0.2, 0.25) is 0 Å². The van der Waals surface area contributed by atoms with E-state index in [1.807, 2.05) is 65.5 Å². The van der Waals surface area contributed by atoms with Crippen molar-refractivity contribution in [3.63, 3.8) is 0 Å². The summed E-state index contributed by atoms with van der Waals surface area (Å²) < 4.78 is 1.93. The number of benzene rings is 2. The molecule has 5 rings (SSSR count). The summed E-state index contributed by atoms with van der Waals surface area (Å²) in [5.41, 5.74) is 6.01. The van der Waals surface area contributed by atoms with Gasteiger partial charge in [0.2, 0.25) is 0 Å². The smallest absolute Gasteiger partial charge is 0.272 e. The van der Waals surface area contributed by atoms with Gasteiger partial charge in [-0.2, -0.15) is 5.10 Å². The molecule has 1 amide bonds. The maximum atomic E-state index is 12.9. The van der Waals surface area contributed by atoms with Crippen molar-refractivity contribution in [2.45, 2.75) is 25.8 Å². The van der Waals surface area contributed by atoms with Crippen molar-refractivity contribution >= 4 is 16.8 Å². The number of carbonyl (C=O) groups excluding carboxylic acids is 1. The van der Waals surface area contributed by atoms with Gasteiger partial charge in [-0.25, -0.2) is 4.68 Å². The first-order chi connectivity index (χ1) is 13.3. The van der Waals surface area contributed by atoms with E-state index in [4.69, 9.17) is 0 Å². The second-order valence-corrected chi connectivity index (χ2v) is 6.91. The third-order valence-corrected chi connectivity index (χ3v) is 5.27. The Balaban J connectivity index is 1.43. The van der Waals surface area contributed by atoms with E-state index in [0.717, 1.165) is 47.0 Å². The van der Waals surface area contributed by atoms with Gasteiger partial charge in [-0.15, -0.1) is 0 Å². The van der Waals surface area contributed by atoms with Crippen molar-refractivity contribution in [3.8, 4) is 5.69 Å². The normalized spacial score (nSPS) is 13.0. The minimum atomic E-state index is -0.102. The molecule has 0 radical (unpaired) electrons. The van der Waals surface area contributed by atoms with Crippen molar-refractivity contribution in [2.24, 2.45) is 0 Å². The van der Waals surface area contributed by atoms with Crippen LogP contribution in [-0.4, -0.2) is 20.7 Å². The lowest BCUT2D eigenvalue weighted by Gasteiger charge is -2.06. The van der Waals surface area contributed by atoms with E-state index in [0.29, 0.717) is 12.2 Å². The van der Waals surface area contributed by atoms with Crippen molar-refractivity contribution in [1.29, 1.82) is 0 Å².